The summed E-state index contributed by atoms with van der Waals surface area (Å²) in [6.45, 7) is 2.65. The van der Waals surface area contributed by atoms with Crippen molar-refractivity contribution in [3.05, 3.63) is 42.2 Å². The fraction of sp³-hybridized carbons (Fsp3) is 0.182. The summed E-state index contributed by atoms with van der Waals surface area (Å²) in [6, 6.07) is 3.26. The molecule has 0 saturated heterocycles. The Labute approximate surface area is 91.7 Å². The van der Waals surface area contributed by atoms with Gasteiger partial charge in [0.15, 0.2) is 0 Å². The first-order valence-electron chi connectivity index (χ1n) is 4.94. The number of hydrogen-bond acceptors (Lipinski definition) is 2. The largest absolute Gasteiger partial charge is 0.323 e. The molecule has 0 radical (unpaired) electrons. The molecule has 1 heterocycles. The standard InChI is InChI=1S/C11H11F2N3/c1-2-16-6-5-14-11(16)15-10-7-8(12)3-4-9(10)13/h3-7H,2H2,1H3,(H,14,15). The second kappa shape index (κ2) is 4.30. The lowest BCUT2D eigenvalue weighted by molar-refractivity contribution is 0.603. The summed E-state index contributed by atoms with van der Waals surface area (Å²) in [7, 11) is 0. The smallest absolute Gasteiger partial charge is 0.207 e. The maximum atomic E-state index is 13.3. The molecule has 0 saturated carbocycles. The first kappa shape index (κ1) is 10.6. The third kappa shape index (κ3) is 2.03. The van der Waals surface area contributed by atoms with Crippen molar-refractivity contribution in [3.63, 3.8) is 0 Å². The highest BCUT2D eigenvalue weighted by molar-refractivity contribution is 5.54. The van der Waals surface area contributed by atoms with Gasteiger partial charge in [0.2, 0.25) is 5.95 Å². The highest BCUT2D eigenvalue weighted by atomic mass is 19.1. The van der Waals surface area contributed by atoms with E-state index in [4.69, 9.17) is 0 Å². The lowest BCUT2D eigenvalue weighted by Crippen LogP contribution is -2.03. The first-order chi connectivity index (χ1) is 7.70. The average Bonchev–Trinajstić information content (AvgIpc) is 2.71. The Morgan fingerprint density at radius 2 is 2.19 bits per heavy atom. The number of rotatable bonds is 3. The van der Waals surface area contributed by atoms with Gasteiger partial charge in [-0.2, -0.15) is 0 Å². The molecule has 1 aromatic heterocycles. The molecule has 16 heavy (non-hydrogen) atoms. The van der Waals surface area contributed by atoms with Crippen LogP contribution >= 0.6 is 0 Å². The number of nitrogens with one attached hydrogen (secondary N) is 1. The summed E-state index contributed by atoms with van der Waals surface area (Å²) in [5.74, 6) is -0.502. The van der Waals surface area contributed by atoms with Gasteiger partial charge >= 0.3 is 0 Å². The highest BCUT2D eigenvalue weighted by Gasteiger charge is 2.07. The van der Waals surface area contributed by atoms with Gasteiger partial charge < -0.3 is 9.88 Å². The molecular formula is C11H11F2N3. The monoisotopic (exact) mass is 223 g/mol. The molecule has 0 fully saturated rings. The van der Waals surface area contributed by atoms with Crippen LogP contribution in [-0.4, -0.2) is 9.55 Å². The van der Waals surface area contributed by atoms with Crippen LogP contribution in [0.4, 0.5) is 20.4 Å². The van der Waals surface area contributed by atoms with Gasteiger partial charge in [0.25, 0.3) is 0 Å². The zero-order chi connectivity index (χ0) is 11.5. The van der Waals surface area contributed by atoms with E-state index in [0.29, 0.717) is 12.5 Å². The zero-order valence-electron chi connectivity index (χ0n) is 8.74. The maximum Gasteiger partial charge on any atom is 0.207 e. The molecule has 5 heteroatoms. The predicted molar refractivity (Wildman–Crippen MR) is 57.5 cm³/mol. The second-order valence-corrected chi connectivity index (χ2v) is 3.29. The van der Waals surface area contributed by atoms with Crippen LogP contribution in [0.25, 0.3) is 0 Å². The minimum absolute atomic E-state index is 0.0842. The van der Waals surface area contributed by atoms with Crippen molar-refractivity contribution >= 4 is 11.6 Å². The third-order valence-corrected chi connectivity index (χ3v) is 2.23. The van der Waals surface area contributed by atoms with E-state index in [1.54, 1.807) is 17.0 Å². The maximum absolute atomic E-state index is 13.3. The van der Waals surface area contributed by atoms with Gasteiger partial charge in [0, 0.05) is 25.0 Å². The van der Waals surface area contributed by atoms with E-state index in [1.807, 2.05) is 6.92 Å². The van der Waals surface area contributed by atoms with Crippen LogP contribution in [0.1, 0.15) is 6.92 Å². The Bertz CT molecular complexity index is 494. The van der Waals surface area contributed by atoms with Crippen molar-refractivity contribution in [2.24, 2.45) is 0 Å². The quantitative estimate of drug-likeness (QED) is 0.867. The molecule has 0 aliphatic rings. The summed E-state index contributed by atoms with van der Waals surface area (Å²) in [4.78, 5) is 4.02. The molecule has 0 spiro atoms. The number of aryl methyl sites for hydroxylation is 1. The lowest BCUT2D eigenvalue weighted by Gasteiger charge is -2.08. The van der Waals surface area contributed by atoms with Crippen molar-refractivity contribution < 1.29 is 8.78 Å². The van der Waals surface area contributed by atoms with Crippen LogP contribution in [0.15, 0.2) is 30.6 Å². The van der Waals surface area contributed by atoms with E-state index in [2.05, 4.69) is 10.3 Å². The first-order valence-corrected chi connectivity index (χ1v) is 4.94. The molecule has 2 aromatic rings. The van der Waals surface area contributed by atoms with Crippen molar-refractivity contribution in [3.8, 4) is 0 Å². The van der Waals surface area contributed by atoms with Crippen LogP contribution in [0.2, 0.25) is 0 Å². The van der Waals surface area contributed by atoms with Gasteiger partial charge in [-0.1, -0.05) is 0 Å². The average molecular weight is 223 g/mol. The Kier molecular flexibility index (Phi) is 2.85. The molecule has 2 rings (SSSR count). The van der Waals surface area contributed by atoms with Crippen molar-refractivity contribution in [1.82, 2.24) is 9.55 Å². The number of aromatic nitrogens is 2. The van der Waals surface area contributed by atoms with Crippen molar-refractivity contribution in [1.29, 1.82) is 0 Å². The molecule has 1 N–H and O–H groups in total. The van der Waals surface area contributed by atoms with Crippen molar-refractivity contribution in [2.75, 3.05) is 5.32 Å². The van der Waals surface area contributed by atoms with E-state index in [0.717, 1.165) is 18.2 Å². The summed E-state index contributed by atoms with van der Waals surface area (Å²) >= 11 is 0. The number of anilines is 2. The predicted octanol–water partition coefficient (Wildman–Crippen LogP) is 2.92. The van der Waals surface area contributed by atoms with Crippen molar-refractivity contribution in [2.45, 2.75) is 13.5 Å². The molecular weight excluding hydrogens is 212 g/mol. The van der Waals surface area contributed by atoms with Gasteiger partial charge in [0.1, 0.15) is 11.6 Å². The number of benzene rings is 1. The molecule has 0 aliphatic heterocycles. The lowest BCUT2D eigenvalue weighted by atomic mass is 10.3. The van der Waals surface area contributed by atoms with Crippen LogP contribution in [0.5, 0.6) is 0 Å². The molecule has 1 aromatic carbocycles. The van der Waals surface area contributed by atoms with Gasteiger partial charge in [-0.3, -0.25) is 0 Å². The molecule has 84 valence electrons. The Morgan fingerprint density at radius 1 is 1.38 bits per heavy atom. The van der Waals surface area contributed by atoms with Crippen LogP contribution in [0.3, 0.4) is 0 Å². The minimum Gasteiger partial charge on any atom is -0.323 e. The fourth-order valence-corrected chi connectivity index (χ4v) is 1.40. The molecule has 3 nitrogen and oxygen atoms in total. The molecule has 0 atom stereocenters. The van der Waals surface area contributed by atoms with Crippen LogP contribution in [-0.2, 0) is 6.54 Å². The van der Waals surface area contributed by atoms with Gasteiger partial charge in [0.05, 0.1) is 5.69 Å². The minimum atomic E-state index is -0.507. The summed E-state index contributed by atoms with van der Waals surface area (Å²) in [6.07, 6.45) is 3.36. The van der Waals surface area contributed by atoms with Gasteiger partial charge in [-0.25, -0.2) is 13.8 Å². The van der Waals surface area contributed by atoms with E-state index in [1.165, 1.54) is 0 Å². The number of imidazole rings is 1. The molecule has 0 amide bonds. The second-order valence-electron chi connectivity index (χ2n) is 3.29. The zero-order valence-corrected chi connectivity index (χ0v) is 8.74. The van der Waals surface area contributed by atoms with Gasteiger partial charge in [-0.05, 0) is 19.1 Å². The van der Waals surface area contributed by atoms with E-state index >= 15 is 0 Å². The topological polar surface area (TPSA) is 29.9 Å². The number of hydrogen-bond donors (Lipinski definition) is 1. The highest BCUT2D eigenvalue weighted by Crippen LogP contribution is 2.19. The number of nitrogens with zero attached hydrogens (tertiary/aromatic N) is 2. The fourth-order valence-electron chi connectivity index (χ4n) is 1.40. The summed E-state index contributed by atoms with van der Waals surface area (Å²) < 4.78 is 28.1. The molecule has 0 aliphatic carbocycles. The Morgan fingerprint density at radius 3 is 2.94 bits per heavy atom. The van der Waals surface area contributed by atoms with E-state index < -0.39 is 11.6 Å². The summed E-state index contributed by atoms with van der Waals surface area (Å²) in [5.41, 5.74) is 0.0842. The molecule has 0 bridgehead atoms. The van der Waals surface area contributed by atoms with E-state index in [-0.39, 0.29) is 5.69 Å². The van der Waals surface area contributed by atoms with Gasteiger partial charge in [-0.15, -0.1) is 0 Å². The SMILES string of the molecule is CCn1ccnc1Nc1cc(F)ccc1F. The van der Waals surface area contributed by atoms with Crippen LogP contribution < -0.4 is 5.32 Å². The number of halogens is 2. The van der Waals surface area contributed by atoms with E-state index in [9.17, 15) is 8.78 Å². The van der Waals surface area contributed by atoms with Crippen LogP contribution in [0, 0.1) is 11.6 Å². The normalized spacial score (nSPS) is 10.4. The Hall–Kier alpha value is -1.91. The third-order valence-electron chi connectivity index (χ3n) is 2.23. The Balaban J connectivity index is 2.30. The molecule has 0 unspecified atom stereocenters. The summed E-state index contributed by atoms with van der Waals surface area (Å²) in [5, 5.41) is 2.75.